The molecular weight excluding hydrogens is 440 g/mol. The van der Waals surface area contributed by atoms with Crippen molar-refractivity contribution in [2.24, 2.45) is 11.5 Å². The highest BCUT2D eigenvalue weighted by atomic mass is 32.1. The molecule has 4 N–H and O–H groups in total. The maximum atomic E-state index is 13.3. The fraction of sp³-hybridized carbons (Fsp3) is 0.125. The third kappa shape index (κ3) is 3.56. The quantitative estimate of drug-likeness (QED) is 0.580. The van der Waals surface area contributed by atoms with Crippen LogP contribution in [0.15, 0.2) is 58.9 Å². The SMILES string of the molecule is COc1ccccc1/C=c1\sc2n(c1=O)C(N)=C(C#N)C(c1ccccc1OC)C=2C(N)=O. The number of primary amides is 1. The Morgan fingerprint density at radius 2 is 1.76 bits per heavy atom. The van der Waals surface area contributed by atoms with Crippen molar-refractivity contribution in [2.45, 2.75) is 5.92 Å². The monoisotopic (exact) mass is 460 g/mol. The normalized spacial score (nSPS) is 15.7. The molecule has 1 aliphatic rings. The number of rotatable bonds is 5. The molecule has 0 saturated carbocycles. The van der Waals surface area contributed by atoms with Gasteiger partial charge in [0, 0.05) is 11.1 Å². The van der Waals surface area contributed by atoms with Gasteiger partial charge < -0.3 is 20.9 Å². The number of ether oxygens (including phenoxy) is 2. The zero-order chi connectivity index (χ0) is 23.7. The molecule has 33 heavy (non-hydrogen) atoms. The molecule has 0 radical (unpaired) electrons. The molecule has 0 aliphatic carbocycles. The van der Waals surface area contributed by atoms with Crippen molar-refractivity contribution in [3.05, 3.63) is 84.8 Å². The van der Waals surface area contributed by atoms with Crippen LogP contribution in [0.2, 0.25) is 0 Å². The zero-order valence-electron chi connectivity index (χ0n) is 17.9. The number of aromatic nitrogens is 1. The van der Waals surface area contributed by atoms with Gasteiger partial charge in [0.15, 0.2) is 0 Å². The average molecular weight is 461 g/mol. The summed E-state index contributed by atoms with van der Waals surface area (Å²) in [6.07, 6.45) is 1.66. The molecule has 1 atom stereocenters. The van der Waals surface area contributed by atoms with E-state index in [1.54, 1.807) is 42.5 Å². The minimum absolute atomic E-state index is 0.0459. The molecule has 0 spiro atoms. The second-order valence-electron chi connectivity index (χ2n) is 7.16. The first-order valence-corrected chi connectivity index (χ1v) is 10.7. The van der Waals surface area contributed by atoms with Gasteiger partial charge in [-0.3, -0.25) is 14.2 Å². The molecule has 1 aliphatic heterocycles. The molecule has 4 rings (SSSR count). The zero-order valence-corrected chi connectivity index (χ0v) is 18.7. The molecule has 166 valence electrons. The van der Waals surface area contributed by atoms with Crippen LogP contribution in [-0.2, 0) is 4.79 Å². The number of carbonyl (C=O) groups excluding carboxylic acids is 1. The Balaban J connectivity index is 2.12. The van der Waals surface area contributed by atoms with Crippen LogP contribution in [0.25, 0.3) is 17.5 Å². The van der Waals surface area contributed by atoms with Crippen molar-refractivity contribution >= 4 is 34.7 Å². The van der Waals surface area contributed by atoms with E-state index in [2.05, 4.69) is 6.07 Å². The van der Waals surface area contributed by atoms with Crippen molar-refractivity contribution in [3.63, 3.8) is 0 Å². The number of benzene rings is 2. The Hall–Kier alpha value is -4.29. The Morgan fingerprint density at radius 3 is 2.39 bits per heavy atom. The lowest BCUT2D eigenvalue weighted by Gasteiger charge is -2.25. The second kappa shape index (κ2) is 8.68. The fourth-order valence-corrected chi connectivity index (χ4v) is 5.10. The number of para-hydroxylation sites is 2. The number of fused-ring (bicyclic) bond motifs is 1. The highest BCUT2D eigenvalue weighted by molar-refractivity contribution is 7.07. The average Bonchev–Trinajstić information content (AvgIpc) is 3.14. The number of carbonyl (C=O) groups is 1. The number of nitriles is 1. The van der Waals surface area contributed by atoms with Crippen LogP contribution in [-0.4, -0.2) is 24.7 Å². The van der Waals surface area contributed by atoms with Gasteiger partial charge in [0.2, 0.25) is 5.91 Å². The third-order valence-corrected chi connectivity index (χ3v) is 6.52. The van der Waals surface area contributed by atoms with E-state index in [-0.39, 0.29) is 21.6 Å². The van der Waals surface area contributed by atoms with Crippen LogP contribution < -0.4 is 35.7 Å². The summed E-state index contributed by atoms with van der Waals surface area (Å²) < 4.78 is 12.6. The summed E-state index contributed by atoms with van der Waals surface area (Å²) in [6, 6.07) is 16.3. The van der Waals surface area contributed by atoms with Crippen molar-refractivity contribution < 1.29 is 14.3 Å². The lowest BCUT2D eigenvalue weighted by atomic mass is 9.83. The first-order valence-electron chi connectivity index (χ1n) is 9.86. The molecule has 1 unspecified atom stereocenters. The third-order valence-electron chi connectivity index (χ3n) is 5.41. The Kier molecular flexibility index (Phi) is 5.77. The van der Waals surface area contributed by atoms with Gasteiger partial charge in [-0.25, -0.2) is 0 Å². The van der Waals surface area contributed by atoms with Crippen molar-refractivity contribution in [1.29, 1.82) is 5.26 Å². The predicted molar refractivity (Wildman–Crippen MR) is 126 cm³/mol. The van der Waals surface area contributed by atoms with Crippen molar-refractivity contribution in [1.82, 2.24) is 4.57 Å². The Labute approximate surface area is 192 Å². The van der Waals surface area contributed by atoms with Gasteiger partial charge in [0.1, 0.15) is 22.0 Å². The molecule has 3 aromatic rings. The smallest absolute Gasteiger partial charge is 0.274 e. The molecule has 1 amide bonds. The van der Waals surface area contributed by atoms with E-state index in [1.165, 1.54) is 18.8 Å². The van der Waals surface area contributed by atoms with E-state index in [4.69, 9.17) is 20.9 Å². The minimum Gasteiger partial charge on any atom is -0.496 e. The van der Waals surface area contributed by atoms with Gasteiger partial charge in [-0.05, 0) is 18.2 Å². The largest absolute Gasteiger partial charge is 0.496 e. The fourth-order valence-electron chi connectivity index (χ4n) is 3.93. The van der Waals surface area contributed by atoms with Crippen LogP contribution in [0.1, 0.15) is 17.0 Å². The number of thiazole rings is 1. The number of nitrogens with two attached hydrogens (primary N) is 2. The van der Waals surface area contributed by atoms with Crippen LogP contribution in [0, 0.1) is 11.3 Å². The van der Waals surface area contributed by atoms with Crippen LogP contribution in [0.4, 0.5) is 0 Å². The Morgan fingerprint density at radius 1 is 1.12 bits per heavy atom. The molecule has 9 heteroatoms. The molecule has 0 saturated heterocycles. The van der Waals surface area contributed by atoms with Gasteiger partial charge in [0.05, 0.1) is 41.9 Å². The van der Waals surface area contributed by atoms with Gasteiger partial charge in [-0.1, -0.05) is 36.4 Å². The van der Waals surface area contributed by atoms with Crippen molar-refractivity contribution in [2.75, 3.05) is 14.2 Å². The number of hydrogen-bond acceptors (Lipinski definition) is 7. The molecule has 8 nitrogen and oxygen atoms in total. The summed E-state index contributed by atoms with van der Waals surface area (Å²) in [5, 5.41) is 9.95. The van der Waals surface area contributed by atoms with E-state index >= 15 is 0 Å². The number of amides is 1. The maximum Gasteiger partial charge on any atom is 0.274 e. The van der Waals surface area contributed by atoms with E-state index in [1.807, 2.05) is 12.1 Å². The van der Waals surface area contributed by atoms with E-state index in [0.717, 1.165) is 11.3 Å². The van der Waals surface area contributed by atoms with Crippen molar-refractivity contribution in [3.8, 4) is 17.6 Å². The molecule has 1 aromatic heterocycles. The number of nitrogens with zero attached hydrogens (tertiary/aromatic N) is 2. The summed E-state index contributed by atoms with van der Waals surface area (Å²) in [5.74, 6) is -0.629. The molecule has 2 aromatic carbocycles. The van der Waals surface area contributed by atoms with Gasteiger partial charge in [-0.15, -0.1) is 11.3 Å². The summed E-state index contributed by atoms with van der Waals surface area (Å²) in [4.78, 5) is 26.0. The highest BCUT2D eigenvalue weighted by Gasteiger charge is 2.36. The number of hydrogen-bond donors (Lipinski definition) is 2. The second-order valence-corrected chi connectivity index (χ2v) is 8.19. The predicted octanol–water partition coefficient (Wildman–Crippen LogP) is 0.840. The van der Waals surface area contributed by atoms with Crippen LogP contribution in [0.3, 0.4) is 0 Å². The van der Waals surface area contributed by atoms with Crippen LogP contribution in [0.5, 0.6) is 11.5 Å². The molecule has 0 fully saturated rings. The maximum absolute atomic E-state index is 13.3. The molecular formula is C24H20N4O4S. The number of allylic oxidation sites excluding steroid dienone is 1. The summed E-state index contributed by atoms with van der Waals surface area (Å²) in [5.41, 5.74) is 13.0. The Bertz CT molecular complexity index is 1520. The lowest BCUT2D eigenvalue weighted by molar-refractivity contribution is -0.113. The van der Waals surface area contributed by atoms with E-state index in [9.17, 15) is 14.9 Å². The van der Waals surface area contributed by atoms with Gasteiger partial charge in [0.25, 0.3) is 5.56 Å². The van der Waals surface area contributed by atoms with E-state index in [0.29, 0.717) is 27.2 Å². The molecule has 0 bridgehead atoms. The van der Waals surface area contributed by atoms with Crippen LogP contribution >= 0.6 is 11.3 Å². The lowest BCUT2D eigenvalue weighted by Crippen LogP contribution is -2.41. The topological polar surface area (TPSA) is 133 Å². The number of methoxy groups -OCH3 is 2. The standard InChI is InChI=1S/C24H20N4O4S/c1-31-16-9-5-3-7-13(16)11-18-23(30)28-21(26)15(12-25)19(20(22(27)29)24(28)33-18)14-8-4-6-10-17(14)32-2/h3-11,19H,26H2,1-2H3,(H2,27,29)/b18-11-. The first kappa shape index (κ1) is 21.9. The summed E-state index contributed by atoms with van der Waals surface area (Å²) in [6.45, 7) is 0. The summed E-state index contributed by atoms with van der Waals surface area (Å²) in [7, 11) is 3.03. The highest BCUT2D eigenvalue weighted by Crippen LogP contribution is 2.39. The minimum atomic E-state index is -0.874. The summed E-state index contributed by atoms with van der Waals surface area (Å²) >= 11 is 1.08. The van der Waals surface area contributed by atoms with Gasteiger partial charge in [-0.2, -0.15) is 5.26 Å². The van der Waals surface area contributed by atoms with Gasteiger partial charge >= 0.3 is 0 Å². The first-order chi connectivity index (χ1) is 15.9. The molecule has 2 heterocycles. The van der Waals surface area contributed by atoms with E-state index < -0.39 is 17.4 Å².